The topological polar surface area (TPSA) is 109 Å². The molecule has 0 saturated carbocycles. The van der Waals surface area contributed by atoms with Crippen molar-refractivity contribution >= 4 is 44.8 Å². The summed E-state index contributed by atoms with van der Waals surface area (Å²) in [5.41, 5.74) is 1.10. The summed E-state index contributed by atoms with van der Waals surface area (Å²) < 4.78 is 32.0. The Kier molecular flexibility index (Phi) is 7.34. The Bertz CT molecular complexity index is 1200. The van der Waals surface area contributed by atoms with Gasteiger partial charge in [-0.15, -0.1) is 0 Å². The number of halogens is 1. The summed E-state index contributed by atoms with van der Waals surface area (Å²) in [6.45, 7) is 4.08. The van der Waals surface area contributed by atoms with Crippen LogP contribution in [-0.4, -0.2) is 37.6 Å². The van der Waals surface area contributed by atoms with Crippen molar-refractivity contribution < 1.29 is 22.4 Å². The summed E-state index contributed by atoms with van der Waals surface area (Å²) in [5.74, 6) is -0.678. The van der Waals surface area contributed by atoms with Crippen molar-refractivity contribution in [1.29, 1.82) is 0 Å². The number of rotatable bonds is 8. The third kappa shape index (κ3) is 5.18. The van der Waals surface area contributed by atoms with E-state index in [1.54, 1.807) is 32.0 Å². The van der Waals surface area contributed by atoms with Gasteiger partial charge in [0.05, 0.1) is 11.3 Å². The molecule has 2 amide bonds. The lowest BCUT2D eigenvalue weighted by Crippen LogP contribution is -2.30. The van der Waals surface area contributed by atoms with E-state index in [4.69, 9.17) is 16.0 Å². The Morgan fingerprint density at radius 2 is 1.56 bits per heavy atom. The van der Waals surface area contributed by atoms with Crippen LogP contribution in [0.25, 0.3) is 0 Å². The molecule has 1 aromatic heterocycles. The molecule has 3 aromatic rings. The zero-order valence-corrected chi connectivity index (χ0v) is 19.0. The second kappa shape index (κ2) is 9.99. The minimum atomic E-state index is -3.79. The molecule has 8 nitrogen and oxygen atoms in total. The van der Waals surface area contributed by atoms with Crippen LogP contribution in [-0.2, 0) is 10.0 Å². The maximum absolute atomic E-state index is 12.8. The molecule has 32 heavy (non-hydrogen) atoms. The van der Waals surface area contributed by atoms with E-state index in [-0.39, 0.29) is 15.7 Å². The van der Waals surface area contributed by atoms with E-state index < -0.39 is 21.8 Å². The first kappa shape index (κ1) is 23.5. The summed E-state index contributed by atoms with van der Waals surface area (Å²) in [5, 5.41) is 5.41. The number of amides is 2. The maximum Gasteiger partial charge on any atom is 0.291 e. The number of nitrogens with zero attached hydrogens (tertiary/aromatic N) is 1. The summed E-state index contributed by atoms with van der Waals surface area (Å²) >= 11 is 6.13. The zero-order chi connectivity index (χ0) is 23.3. The summed E-state index contributed by atoms with van der Waals surface area (Å²) in [6, 6.07) is 13.7. The molecule has 0 saturated heterocycles. The van der Waals surface area contributed by atoms with E-state index in [0.717, 1.165) is 0 Å². The standard InChI is InChI=1S/C22H22ClN3O5S/c1-3-26(4-2)32(29,30)20-14-17(11-12-18(20)23)25-21(27)15-7-9-16(10-8-15)24-22(28)19-6-5-13-31-19/h5-14H,3-4H2,1-2H3,(H,24,28)(H,25,27). The predicted octanol–water partition coefficient (Wildman–Crippen LogP) is 4.47. The van der Waals surface area contributed by atoms with Crippen LogP contribution in [0, 0.1) is 0 Å². The average molecular weight is 476 g/mol. The van der Waals surface area contributed by atoms with E-state index in [2.05, 4.69) is 10.6 Å². The third-order valence-corrected chi connectivity index (χ3v) is 7.19. The van der Waals surface area contributed by atoms with Crippen LogP contribution < -0.4 is 10.6 Å². The molecule has 0 aliphatic carbocycles. The van der Waals surface area contributed by atoms with Gasteiger partial charge in [0.15, 0.2) is 5.76 Å². The normalized spacial score (nSPS) is 11.4. The van der Waals surface area contributed by atoms with E-state index in [1.165, 1.54) is 47.0 Å². The van der Waals surface area contributed by atoms with Crippen LogP contribution in [0.15, 0.2) is 70.2 Å². The number of anilines is 2. The highest BCUT2D eigenvalue weighted by Gasteiger charge is 2.25. The Balaban J connectivity index is 1.74. The molecule has 0 fully saturated rings. The second-order valence-electron chi connectivity index (χ2n) is 6.70. The fraction of sp³-hybridized carbons (Fsp3) is 0.182. The van der Waals surface area contributed by atoms with E-state index >= 15 is 0 Å². The predicted molar refractivity (Wildman–Crippen MR) is 123 cm³/mol. The molecule has 0 atom stereocenters. The first-order valence-electron chi connectivity index (χ1n) is 9.82. The molecule has 0 bridgehead atoms. The third-order valence-electron chi connectivity index (χ3n) is 4.66. The highest BCUT2D eigenvalue weighted by atomic mass is 35.5. The molecule has 2 aromatic carbocycles. The van der Waals surface area contributed by atoms with Crippen molar-refractivity contribution in [3.8, 4) is 0 Å². The van der Waals surface area contributed by atoms with E-state index in [9.17, 15) is 18.0 Å². The van der Waals surface area contributed by atoms with E-state index in [0.29, 0.717) is 30.0 Å². The smallest absolute Gasteiger partial charge is 0.291 e. The van der Waals surface area contributed by atoms with Gasteiger partial charge in [0, 0.05) is 30.0 Å². The fourth-order valence-corrected chi connectivity index (χ4v) is 4.95. The van der Waals surface area contributed by atoms with Crippen LogP contribution >= 0.6 is 11.6 Å². The Morgan fingerprint density at radius 3 is 2.16 bits per heavy atom. The van der Waals surface area contributed by atoms with Gasteiger partial charge in [-0.2, -0.15) is 4.31 Å². The van der Waals surface area contributed by atoms with Gasteiger partial charge >= 0.3 is 0 Å². The van der Waals surface area contributed by atoms with Gasteiger partial charge in [0.1, 0.15) is 4.90 Å². The highest BCUT2D eigenvalue weighted by Crippen LogP contribution is 2.28. The summed E-state index contributed by atoms with van der Waals surface area (Å²) in [6.07, 6.45) is 1.40. The van der Waals surface area contributed by atoms with Crippen molar-refractivity contribution in [2.24, 2.45) is 0 Å². The molecule has 0 radical (unpaired) electrons. The molecule has 0 aliphatic rings. The monoisotopic (exact) mass is 475 g/mol. The van der Waals surface area contributed by atoms with Gasteiger partial charge in [-0.05, 0) is 54.6 Å². The Morgan fingerprint density at radius 1 is 0.938 bits per heavy atom. The summed E-state index contributed by atoms with van der Waals surface area (Å²) in [7, 11) is -3.79. The van der Waals surface area contributed by atoms with Gasteiger partial charge in [0.2, 0.25) is 10.0 Å². The second-order valence-corrected chi connectivity index (χ2v) is 9.01. The molecule has 2 N–H and O–H groups in total. The minimum Gasteiger partial charge on any atom is -0.459 e. The molecular weight excluding hydrogens is 454 g/mol. The number of furan rings is 1. The molecule has 0 spiro atoms. The van der Waals surface area contributed by atoms with Crippen LogP contribution in [0.4, 0.5) is 11.4 Å². The highest BCUT2D eigenvalue weighted by molar-refractivity contribution is 7.89. The van der Waals surface area contributed by atoms with Crippen LogP contribution in [0.3, 0.4) is 0 Å². The largest absolute Gasteiger partial charge is 0.459 e. The first-order chi connectivity index (χ1) is 15.3. The fourth-order valence-electron chi connectivity index (χ4n) is 2.99. The number of carbonyl (C=O) groups excluding carboxylic acids is 2. The summed E-state index contributed by atoms with van der Waals surface area (Å²) in [4.78, 5) is 24.6. The van der Waals surface area contributed by atoms with Gasteiger partial charge < -0.3 is 15.1 Å². The van der Waals surface area contributed by atoms with Crippen LogP contribution in [0.5, 0.6) is 0 Å². The van der Waals surface area contributed by atoms with Crippen molar-refractivity contribution in [2.75, 3.05) is 23.7 Å². The zero-order valence-electron chi connectivity index (χ0n) is 17.5. The molecule has 1 heterocycles. The first-order valence-corrected chi connectivity index (χ1v) is 11.6. The maximum atomic E-state index is 12.8. The van der Waals surface area contributed by atoms with E-state index in [1.807, 2.05) is 0 Å². The minimum absolute atomic E-state index is 0.0725. The quantitative estimate of drug-likeness (QED) is 0.499. The van der Waals surface area contributed by atoms with Crippen molar-refractivity contribution in [1.82, 2.24) is 4.31 Å². The molecule has 168 valence electrons. The van der Waals surface area contributed by atoms with Gasteiger partial charge in [-0.1, -0.05) is 25.4 Å². The van der Waals surface area contributed by atoms with Gasteiger partial charge in [-0.3, -0.25) is 9.59 Å². The molecule has 0 aliphatic heterocycles. The van der Waals surface area contributed by atoms with Gasteiger partial charge in [0.25, 0.3) is 11.8 Å². The van der Waals surface area contributed by atoms with Crippen LogP contribution in [0.1, 0.15) is 34.8 Å². The lowest BCUT2D eigenvalue weighted by molar-refractivity contribution is 0.0995. The average Bonchev–Trinajstić information content (AvgIpc) is 3.31. The van der Waals surface area contributed by atoms with Crippen molar-refractivity contribution in [2.45, 2.75) is 18.7 Å². The lowest BCUT2D eigenvalue weighted by atomic mass is 10.2. The molecule has 0 unspecified atom stereocenters. The lowest BCUT2D eigenvalue weighted by Gasteiger charge is -2.19. The van der Waals surface area contributed by atoms with Crippen LogP contribution in [0.2, 0.25) is 5.02 Å². The number of hydrogen-bond acceptors (Lipinski definition) is 5. The molecule has 10 heteroatoms. The van der Waals surface area contributed by atoms with Crippen molar-refractivity contribution in [3.05, 3.63) is 77.2 Å². The van der Waals surface area contributed by atoms with Crippen molar-refractivity contribution in [3.63, 3.8) is 0 Å². The molecular formula is C22H22ClN3O5S. The Hall–Kier alpha value is -3.14. The number of sulfonamides is 1. The number of nitrogens with one attached hydrogen (secondary N) is 2. The number of hydrogen-bond donors (Lipinski definition) is 2. The SMILES string of the molecule is CCN(CC)S(=O)(=O)c1cc(NC(=O)c2ccc(NC(=O)c3ccco3)cc2)ccc1Cl. The Labute approximate surface area is 191 Å². The van der Waals surface area contributed by atoms with Gasteiger partial charge in [-0.25, -0.2) is 8.42 Å². The number of carbonyl (C=O) groups is 2. The number of benzene rings is 2. The molecule has 3 rings (SSSR count).